The van der Waals surface area contributed by atoms with Crippen LogP contribution in [0.5, 0.6) is 0 Å². The molecule has 1 aromatic rings. The van der Waals surface area contributed by atoms with Gasteiger partial charge >= 0.3 is 0 Å². The van der Waals surface area contributed by atoms with Gasteiger partial charge in [-0.1, -0.05) is 17.2 Å². The van der Waals surface area contributed by atoms with Crippen LogP contribution in [0.3, 0.4) is 0 Å². The molecule has 6 heteroatoms. The van der Waals surface area contributed by atoms with E-state index in [0.29, 0.717) is 18.2 Å². The topological polar surface area (TPSA) is 63.8 Å². The molecule has 0 bridgehead atoms. The smallest absolute Gasteiger partial charge is 0.273 e. The average molecular weight is 306 g/mol. The van der Waals surface area contributed by atoms with Crippen LogP contribution in [0.15, 0.2) is 9.68 Å². The first-order chi connectivity index (χ1) is 10.6. The van der Waals surface area contributed by atoms with Crippen molar-refractivity contribution in [3.8, 4) is 0 Å². The Morgan fingerprint density at radius 3 is 2.73 bits per heavy atom. The van der Waals surface area contributed by atoms with Crippen molar-refractivity contribution in [3.05, 3.63) is 11.7 Å². The molecule has 22 heavy (non-hydrogen) atoms. The first-order valence-electron chi connectivity index (χ1n) is 8.36. The Morgan fingerprint density at radius 2 is 2.09 bits per heavy atom. The Hall–Kier alpha value is -1.43. The van der Waals surface area contributed by atoms with Gasteiger partial charge in [0.25, 0.3) is 5.89 Å². The fraction of sp³-hybridized carbons (Fsp3) is 0.812. The standard InChI is InChI=1S/C16H26N4O2/c1-4-7-20-8-5-13(6-9-20)10-14-17-15(21-19-14)16(3)11-12(2)18-22-16/h13H,4-11H2,1-3H3/t16-/m0/s1. The number of nitrogens with zero attached hydrogens (tertiary/aromatic N) is 4. The fourth-order valence-corrected chi connectivity index (χ4v) is 3.39. The molecule has 3 rings (SSSR count). The maximum absolute atomic E-state index is 5.47. The van der Waals surface area contributed by atoms with Gasteiger partial charge in [-0.2, -0.15) is 4.98 Å². The van der Waals surface area contributed by atoms with Crippen LogP contribution in [0.4, 0.5) is 0 Å². The second-order valence-electron chi connectivity index (χ2n) is 6.83. The third-order valence-electron chi connectivity index (χ3n) is 4.63. The van der Waals surface area contributed by atoms with Crippen LogP contribution in [0.25, 0.3) is 0 Å². The van der Waals surface area contributed by atoms with E-state index in [1.165, 1.54) is 38.9 Å². The molecule has 3 heterocycles. The fourth-order valence-electron chi connectivity index (χ4n) is 3.39. The van der Waals surface area contributed by atoms with Gasteiger partial charge in [0.1, 0.15) is 0 Å². The highest BCUT2D eigenvalue weighted by Gasteiger charge is 2.40. The van der Waals surface area contributed by atoms with Crippen LogP contribution in [-0.2, 0) is 16.9 Å². The summed E-state index contributed by atoms with van der Waals surface area (Å²) < 4.78 is 5.43. The molecule has 0 aliphatic carbocycles. The van der Waals surface area contributed by atoms with E-state index in [9.17, 15) is 0 Å². The molecule has 0 radical (unpaired) electrons. The molecule has 6 nitrogen and oxygen atoms in total. The minimum atomic E-state index is -0.584. The van der Waals surface area contributed by atoms with E-state index in [4.69, 9.17) is 9.36 Å². The largest absolute Gasteiger partial charge is 0.379 e. The summed E-state index contributed by atoms with van der Waals surface area (Å²) in [6.07, 6.45) is 5.29. The van der Waals surface area contributed by atoms with Crippen LogP contribution < -0.4 is 0 Å². The van der Waals surface area contributed by atoms with Crippen LogP contribution in [0.1, 0.15) is 58.2 Å². The summed E-state index contributed by atoms with van der Waals surface area (Å²) in [5, 5.41) is 8.15. The van der Waals surface area contributed by atoms with Crippen molar-refractivity contribution in [1.29, 1.82) is 0 Å². The van der Waals surface area contributed by atoms with Gasteiger partial charge in [0.05, 0.1) is 5.71 Å². The zero-order valence-electron chi connectivity index (χ0n) is 13.8. The van der Waals surface area contributed by atoms with Crippen molar-refractivity contribution >= 4 is 5.71 Å². The van der Waals surface area contributed by atoms with Gasteiger partial charge in [0.15, 0.2) is 5.82 Å². The Morgan fingerprint density at radius 1 is 1.32 bits per heavy atom. The molecule has 1 atom stereocenters. The van der Waals surface area contributed by atoms with Crippen molar-refractivity contribution in [3.63, 3.8) is 0 Å². The second-order valence-corrected chi connectivity index (χ2v) is 6.83. The first-order valence-corrected chi connectivity index (χ1v) is 8.36. The van der Waals surface area contributed by atoms with Crippen molar-refractivity contribution in [1.82, 2.24) is 15.0 Å². The van der Waals surface area contributed by atoms with Crippen molar-refractivity contribution in [2.45, 2.75) is 58.5 Å². The number of aromatic nitrogens is 2. The summed E-state index contributed by atoms with van der Waals surface area (Å²) in [4.78, 5) is 12.6. The molecule has 1 fully saturated rings. The van der Waals surface area contributed by atoms with Gasteiger partial charge in [-0.3, -0.25) is 0 Å². The highest BCUT2D eigenvalue weighted by atomic mass is 16.7. The van der Waals surface area contributed by atoms with E-state index >= 15 is 0 Å². The molecular formula is C16H26N4O2. The van der Waals surface area contributed by atoms with Gasteiger partial charge in [0, 0.05) is 12.8 Å². The van der Waals surface area contributed by atoms with Crippen molar-refractivity contribution in [2.24, 2.45) is 11.1 Å². The Balaban J connectivity index is 1.55. The Bertz CT molecular complexity index is 534. The van der Waals surface area contributed by atoms with E-state index in [2.05, 4.69) is 27.1 Å². The number of piperidine rings is 1. The van der Waals surface area contributed by atoms with Gasteiger partial charge in [0.2, 0.25) is 5.60 Å². The summed E-state index contributed by atoms with van der Waals surface area (Å²) >= 11 is 0. The summed E-state index contributed by atoms with van der Waals surface area (Å²) in [6, 6.07) is 0. The maximum atomic E-state index is 5.47. The molecule has 0 spiro atoms. The average Bonchev–Trinajstić information content (AvgIpc) is 3.09. The molecule has 1 aromatic heterocycles. The lowest BCUT2D eigenvalue weighted by molar-refractivity contribution is -0.0313. The SMILES string of the molecule is CCCN1CCC(Cc2noc([C@]3(C)CC(C)=NO3)n2)CC1. The molecule has 0 saturated carbocycles. The van der Waals surface area contributed by atoms with E-state index in [1.54, 1.807) is 0 Å². The Labute approximate surface area is 131 Å². The zero-order valence-corrected chi connectivity index (χ0v) is 13.8. The highest BCUT2D eigenvalue weighted by Crippen LogP contribution is 2.33. The van der Waals surface area contributed by atoms with Gasteiger partial charge in [-0.15, -0.1) is 0 Å². The van der Waals surface area contributed by atoms with E-state index in [0.717, 1.165) is 18.0 Å². The molecule has 2 aliphatic rings. The van der Waals surface area contributed by atoms with E-state index in [-0.39, 0.29) is 0 Å². The lowest BCUT2D eigenvalue weighted by Crippen LogP contribution is -2.34. The summed E-state index contributed by atoms with van der Waals surface area (Å²) in [5.41, 5.74) is 0.380. The summed E-state index contributed by atoms with van der Waals surface area (Å²) in [7, 11) is 0. The molecule has 0 unspecified atom stereocenters. The van der Waals surface area contributed by atoms with E-state index < -0.39 is 5.60 Å². The molecule has 0 amide bonds. The quantitative estimate of drug-likeness (QED) is 0.837. The van der Waals surface area contributed by atoms with Crippen molar-refractivity contribution in [2.75, 3.05) is 19.6 Å². The van der Waals surface area contributed by atoms with Crippen LogP contribution in [0, 0.1) is 5.92 Å². The third-order valence-corrected chi connectivity index (χ3v) is 4.63. The predicted octanol–water partition coefficient (Wildman–Crippen LogP) is 2.75. The van der Waals surface area contributed by atoms with Gasteiger partial charge in [-0.05, 0) is 58.7 Å². The number of rotatable bonds is 5. The molecule has 0 aromatic carbocycles. The lowest BCUT2D eigenvalue weighted by atomic mass is 9.93. The maximum Gasteiger partial charge on any atom is 0.273 e. The number of hydrogen-bond donors (Lipinski definition) is 0. The van der Waals surface area contributed by atoms with Crippen LogP contribution >= 0.6 is 0 Å². The zero-order chi connectivity index (χ0) is 15.6. The van der Waals surface area contributed by atoms with Crippen LogP contribution in [-0.4, -0.2) is 40.4 Å². The monoisotopic (exact) mass is 306 g/mol. The molecule has 0 N–H and O–H groups in total. The minimum Gasteiger partial charge on any atom is -0.379 e. The predicted molar refractivity (Wildman–Crippen MR) is 83.6 cm³/mol. The number of likely N-dealkylation sites (tertiary alicyclic amines) is 1. The minimum absolute atomic E-state index is 0.548. The number of hydrogen-bond acceptors (Lipinski definition) is 6. The molecule has 122 valence electrons. The molecule has 2 aliphatic heterocycles. The molecular weight excluding hydrogens is 280 g/mol. The third kappa shape index (κ3) is 3.32. The summed E-state index contributed by atoms with van der Waals surface area (Å²) in [5.74, 6) is 2.01. The second kappa shape index (κ2) is 6.36. The lowest BCUT2D eigenvalue weighted by Gasteiger charge is -2.31. The summed E-state index contributed by atoms with van der Waals surface area (Å²) in [6.45, 7) is 9.74. The highest BCUT2D eigenvalue weighted by molar-refractivity contribution is 5.83. The van der Waals surface area contributed by atoms with Crippen molar-refractivity contribution < 1.29 is 9.36 Å². The number of oxime groups is 1. The van der Waals surface area contributed by atoms with Gasteiger partial charge < -0.3 is 14.3 Å². The Kier molecular flexibility index (Phi) is 4.47. The first kappa shape index (κ1) is 15.5. The molecule has 1 saturated heterocycles. The van der Waals surface area contributed by atoms with Gasteiger partial charge in [-0.25, -0.2) is 0 Å². The van der Waals surface area contributed by atoms with Crippen LogP contribution in [0.2, 0.25) is 0 Å². The van der Waals surface area contributed by atoms with E-state index in [1.807, 2.05) is 13.8 Å². The normalized spacial score (nSPS) is 27.0.